The van der Waals surface area contributed by atoms with Crippen molar-refractivity contribution in [2.45, 2.75) is 95.4 Å². The third kappa shape index (κ3) is 8.05. The van der Waals surface area contributed by atoms with Crippen molar-refractivity contribution in [3.8, 4) is 5.75 Å². The molecule has 1 aromatic rings. The Kier molecular flexibility index (Phi) is 11.9. The molecule has 4 amide bonds. The highest BCUT2D eigenvalue weighted by molar-refractivity contribution is 6.08. The minimum atomic E-state index is -1.09. The van der Waals surface area contributed by atoms with E-state index in [1.807, 2.05) is 62.4 Å². The summed E-state index contributed by atoms with van der Waals surface area (Å²) in [6, 6.07) is 7.78. The summed E-state index contributed by atoms with van der Waals surface area (Å²) in [6.45, 7) is 13.2. The van der Waals surface area contributed by atoms with Gasteiger partial charge in [0.15, 0.2) is 0 Å². The van der Waals surface area contributed by atoms with Gasteiger partial charge in [-0.15, -0.1) is 0 Å². The molecule has 6 aliphatic heterocycles. The fourth-order valence-corrected chi connectivity index (χ4v) is 9.96. The Labute approximate surface area is 340 Å². The van der Waals surface area contributed by atoms with E-state index in [-0.39, 0.29) is 87.7 Å². The monoisotopic (exact) mass is 808 g/mol. The number of fused-ring (bicyclic) bond motifs is 10. The van der Waals surface area contributed by atoms with E-state index in [0.29, 0.717) is 18.6 Å². The molecule has 14 nitrogen and oxygen atoms in total. The van der Waals surface area contributed by atoms with Crippen LogP contribution >= 0.6 is 0 Å². The summed E-state index contributed by atoms with van der Waals surface area (Å²) in [5, 5.41) is 20.6. The molecule has 11 unspecified atom stereocenters. The molecule has 7 rings (SSSR count). The summed E-state index contributed by atoms with van der Waals surface area (Å²) in [4.78, 5) is 57.9. The highest BCUT2D eigenvalue weighted by atomic mass is 16.6. The van der Waals surface area contributed by atoms with Crippen LogP contribution in [0.15, 0.2) is 48.6 Å². The third-order valence-corrected chi connectivity index (χ3v) is 12.6. The molecule has 11 atom stereocenters. The zero-order valence-electron chi connectivity index (χ0n) is 34.8. The van der Waals surface area contributed by atoms with Gasteiger partial charge in [-0.3, -0.25) is 29.0 Å². The molecule has 0 radical (unpaired) electrons. The lowest BCUT2D eigenvalue weighted by molar-refractivity contribution is -0.149. The SMILES string of the molecule is COCC(O)COCC12C=CC(O1)C1C(=O)N(CC(C)(C)CC(C)CCN3C(=O)C4C5C=CC(COCC(O)COc6ccc(C(C)(C)C)cc6)(O5)C4C3=O)C(=O)C12. The van der Waals surface area contributed by atoms with Crippen LogP contribution in [0.5, 0.6) is 5.75 Å². The van der Waals surface area contributed by atoms with Crippen molar-refractivity contribution >= 4 is 23.6 Å². The van der Waals surface area contributed by atoms with Gasteiger partial charge < -0.3 is 38.6 Å². The van der Waals surface area contributed by atoms with Crippen molar-refractivity contribution in [2.24, 2.45) is 35.0 Å². The summed E-state index contributed by atoms with van der Waals surface area (Å²) in [5.74, 6) is -3.00. The molecule has 6 heterocycles. The first-order chi connectivity index (χ1) is 27.4. The Morgan fingerprint density at radius 2 is 1.26 bits per heavy atom. The Morgan fingerprint density at radius 1 is 0.741 bits per heavy atom. The minimum Gasteiger partial charge on any atom is -0.491 e. The van der Waals surface area contributed by atoms with Crippen molar-refractivity contribution < 1.29 is 57.8 Å². The maximum atomic E-state index is 13.9. The Bertz CT molecular complexity index is 1790. The van der Waals surface area contributed by atoms with E-state index < -0.39 is 64.7 Å². The normalized spacial score (nSPS) is 32.5. The molecule has 318 valence electrons. The van der Waals surface area contributed by atoms with E-state index in [0.717, 1.165) is 0 Å². The number of aliphatic hydroxyl groups excluding tert-OH is 2. The molecule has 6 aliphatic rings. The van der Waals surface area contributed by atoms with Gasteiger partial charge in [0, 0.05) is 20.2 Å². The van der Waals surface area contributed by atoms with Gasteiger partial charge in [-0.1, -0.05) is 78.0 Å². The lowest BCUT2D eigenvalue weighted by Gasteiger charge is -2.34. The molecule has 0 aliphatic carbocycles. The second-order valence-electron chi connectivity index (χ2n) is 19.0. The van der Waals surface area contributed by atoms with Crippen molar-refractivity contribution in [3.05, 3.63) is 54.1 Å². The molecule has 0 aromatic heterocycles. The fraction of sp³-hybridized carbons (Fsp3) is 0.682. The number of imide groups is 2. The van der Waals surface area contributed by atoms with Crippen molar-refractivity contribution in [1.82, 2.24) is 9.80 Å². The van der Waals surface area contributed by atoms with Gasteiger partial charge in [0.25, 0.3) is 0 Å². The predicted octanol–water partition coefficient (Wildman–Crippen LogP) is 2.82. The number of nitrogens with zero attached hydrogens (tertiary/aromatic N) is 2. The van der Waals surface area contributed by atoms with Crippen LogP contribution in [0.2, 0.25) is 0 Å². The number of benzene rings is 1. The summed E-state index contributed by atoms with van der Waals surface area (Å²) in [6.07, 6.45) is 5.73. The Morgan fingerprint density at radius 3 is 1.79 bits per heavy atom. The summed E-state index contributed by atoms with van der Waals surface area (Å²) >= 11 is 0. The smallest absolute Gasteiger partial charge is 0.236 e. The Balaban J connectivity index is 0.881. The maximum absolute atomic E-state index is 13.9. The van der Waals surface area contributed by atoms with Crippen LogP contribution in [0.4, 0.5) is 0 Å². The van der Waals surface area contributed by atoms with Gasteiger partial charge >= 0.3 is 0 Å². The van der Waals surface area contributed by atoms with Crippen LogP contribution in [0.25, 0.3) is 0 Å². The topological polar surface area (TPSA) is 171 Å². The van der Waals surface area contributed by atoms with Gasteiger partial charge in [0.05, 0.1) is 68.9 Å². The summed E-state index contributed by atoms with van der Waals surface area (Å²) in [5.41, 5.74) is -1.40. The maximum Gasteiger partial charge on any atom is 0.236 e. The third-order valence-electron chi connectivity index (χ3n) is 12.6. The second kappa shape index (κ2) is 16.2. The average Bonchev–Trinajstić information content (AvgIpc) is 3.99. The number of likely N-dealkylation sites (tertiary alicyclic amines) is 2. The van der Waals surface area contributed by atoms with Gasteiger partial charge in [-0.2, -0.15) is 0 Å². The molecule has 4 bridgehead atoms. The van der Waals surface area contributed by atoms with Crippen molar-refractivity contribution in [1.29, 1.82) is 0 Å². The lowest BCUT2D eigenvalue weighted by atomic mass is 9.77. The molecule has 0 saturated carbocycles. The molecule has 58 heavy (non-hydrogen) atoms. The molecular weight excluding hydrogens is 748 g/mol. The van der Waals surface area contributed by atoms with Crippen molar-refractivity contribution in [2.75, 3.05) is 59.8 Å². The van der Waals surface area contributed by atoms with E-state index in [4.69, 9.17) is 28.4 Å². The first-order valence-electron chi connectivity index (χ1n) is 20.6. The van der Waals surface area contributed by atoms with Crippen LogP contribution < -0.4 is 4.74 Å². The number of hydrogen-bond donors (Lipinski definition) is 2. The van der Waals surface area contributed by atoms with E-state index in [1.54, 1.807) is 0 Å². The number of methoxy groups -OCH3 is 1. The van der Waals surface area contributed by atoms with Gasteiger partial charge in [-0.25, -0.2) is 0 Å². The van der Waals surface area contributed by atoms with Crippen LogP contribution in [0, 0.1) is 35.0 Å². The number of carbonyl (C=O) groups excluding carboxylic acids is 4. The number of amides is 4. The molecule has 0 spiro atoms. The highest BCUT2D eigenvalue weighted by Crippen LogP contribution is 2.53. The molecule has 14 heteroatoms. The molecule has 4 fully saturated rings. The molecular formula is C44H60N2O12. The highest BCUT2D eigenvalue weighted by Gasteiger charge is 2.69. The number of hydrogen-bond acceptors (Lipinski definition) is 12. The quantitative estimate of drug-likeness (QED) is 0.146. The standard InChI is InChI=1S/C44H60N2O12/c1-26(18-42(5,6)23-46-38(50)34-32-13-16-44(58-32,36(34)40(46)52)25-54-20-28(47)19-53-7)14-17-45-37(49)33-31-12-15-43(57-31,35(33)39(45)51)24-55-21-29(48)22-56-30-10-8-27(9-11-30)41(2,3)4/h8-13,15-16,26,28-29,31-36,47-48H,14,17-25H2,1-7H3. The van der Waals surface area contributed by atoms with Crippen LogP contribution in [-0.2, 0) is 48.3 Å². The lowest BCUT2D eigenvalue weighted by Crippen LogP contribution is -2.46. The van der Waals surface area contributed by atoms with Gasteiger partial charge in [-0.05, 0) is 47.3 Å². The molecule has 1 aromatic carbocycles. The first kappa shape index (κ1) is 42.6. The van der Waals surface area contributed by atoms with E-state index in [1.165, 1.54) is 22.5 Å². The van der Waals surface area contributed by atoms with Gasteiger partial charge in [0.1, 0.15) is 35.8 Å². The van der Waals surface area contributed by atoms with Crippen LogP contribution in [0.3, 0.4) is 0 Å². The Hall–Kier alpha value is -3.50. The number of rotatable bonds is 20. The van der Waals surface area contributed by atoms with Crippen LogP contribution in [0.1, 0.15) is 59.9 Å². The van der Waals surface area contributed by atoms with E-state index in [2.05, 4.69) is 27.7 Å². The largest absolute Gasteiger partial charge is 0.491 e. The number of ether oxygens (including phenoxy) is 6. The molecule has 2 N–H and O–H groups in total. The average molecular weight is 809 g/mol. The van der Waals surface area contributed by atoms with Crippen molar-refractivity contribution in [3.63, 3.8) is 0 Å². The van der Waals surface area contributed by atoms with Gasteiger partial charge in [0.2, 0.25) is 23.6 Å². The second-order valence-corrected chi connectivity index (χ2v) is 19.0. The van der Waals surface area contributed by atoms with E-state index in [9.17, 15) is 29.4 Å². The first-order valence-corrected chi connectivity index (χ1v) is 20.6. The zero-order valence-corrected chi connectivity index (χ0v) is 34.8. The summed E-state index contributed by atoms with van der Waals surface area (Å²) < 4.78 is 34.8. The van der Waals surface area contributed by atoms with Crippen LogP contribution in [-0.4, -0.2) is 139 Å². The molecule has 4 saturated heterocycles. The summed E-state index contributed by atoms with van der Waals surface area (Å²) in [7, 11) is 1.49. The van der Waals surface area contributed by atoms with E-state index >= 15 is 0 Å². The minimum absolute atomic E-state index is 0.0121. The number of carbonyl (C=O) groups is 4. The fourth-order valence-electron chi connectivity index (χ4n) is 9.96. The zero-order chi connectivity index (χ0) is 41.8. The number of aliphatic hydroxyl groups is 2. The predicted molar refractivity (Wildman–Crippen MR) is 209 cm³/mol.